The van der Waals surface area contributed by atoms with E-state index in [9.17, 15) is 19.4 Å². The minimum Gasteiger partial charge on any atom is -0.388 e. The number of halogens is 1. The molecule has 3 rings (SSSR count). The number of benzene rings is 2. The number of rotatable bonds is 2. The zero-order valence-electron chi connectivity index (χ0n) is 13.4. The number of likely N-dealkylation sites (tertiary alicyclic amines) is 1. The summed E-state index contributed by atoms with van der Waals surface area (Å²) < 4.78 is 13.4. The van der Waals surface area contributed by atoms with Crippen LogP contribution in [0.2, 0.25) is 0 Å². The Morgan fingerprint density at radius 1 is 1.21 bits per heavy atom. The predicted molar refractivity (Wildman–Crippen MR) is 89.0 cm³/mol. The van der Waals surface area contributed by atoms with E-state index in [-0.39, 0.29) is 18.3 Å². The van der Waals surface area contributed by atoms with Gasteiger partial charge in [-0.25, -0.2) is 4.39 Å². The minimum atomic E-state index is -1.17. The monoisotopic (exact) mass is 329 g/mol. The highest BCUT2D eigenvalue weighted by Gasteiger charge is 2.38. The van der Waals surface area contributed by atoms with Gasteiger partial charge in [-0.05, 0) is 48.7 Å². The second kappa shape index (κ2) is 6.34. The lowest BCUT2D eigenvalue weighted by molar-refractivity contribution is -0.0999. The van der Waals surface area contributed by atoms with E-state index in [0.29, 0.717) is 24.1 Å². The molecule has 2 atom stereocenters. The fraction of sp³-hybridized carbons (Fsp3) is 0.316. The molecule has 0 spiro atoms. The Morgan fingerprint density at radius 2 is 1.88 bits per heavy atom. The molecule has 2 aromatic carbocycles. The smallest absolute Gasteiger partial charge is 0.253 e. The van der Waals surface area contributed by atoms with Gasteiger partial charge in [0, 0.05) is 18.7 Å². The molecule has 1 heterocycles. The van der Waals surface area contributed by atoms with E-state index >= 15 is 0 Å². The van der Waals surface area contributed by atoms with Gasteiger partial charge in [0.25, 0.3) is 5.91 Å². The average Bonchev–Trinajstić information content (AvgIpc) is 2.57. The predicted octanol–water partition coefficient (Wildman–Crippen LogP) is 2.45. The maximum Gasteiger partial charge on any atom is 0.253 e. The largest absolute Gasteiger partial charge is 0.388 e. The molecule has 0 radical (unpaired) electrons. The van der Waals surface area contributed by atoms with Crippen LogP contribution in [-0.4, -0.2) is 45.8 Å². The number of carbonyl (C=O) groups excluding carboxylic acids is 1. The molecule has 1 fully saturated rings. The first kappa shape index (κ1) is 16.6. The van der Waals surface area contributed by atoms with E-state index in [1.807, 2.05) is 6.07 Å². The van der Waals surface area contributed by atoms with Crippen LogP contribution in [0, 0.1) is 5.82 Å². The first-order chi connectivity index (χ1) is 11.4. The highest BCUT2D eigenvalue weighted by atomic mass is 19.1. The van der Waals surface area contributed by atoms with Crippen LogP contribution in [0.5, 0.6) is 0 Å². The summed E-state index contributed by atoms with van der Waals surface area (Å²) in [5.74, 6) is -0.534. The lowest BCUT2D eigenvalue weighted by Crippen LogP contribution is -2.55. The van der Waals surface area contributed by atoms with Crippen molar-refractivity contribution >= 4 is 5.91 Å². The summed E-state index contributed by atoms with van der Waals surface area (Å²) >= 11 is 0. The third kappa shape index (κ3) is 3.32. The number of piperidine rings is 1. The van der Waals surface area contributed by atoms with Gasteiger partial charge >= 0.3 is 0 Å². The van der Waals surface area contributed by atoms with Crippen molar-refractivity contribution in [3.05, 3.63) is 59.9 Å². The molecule has 126 valence electrons. The molecular formula is C19H20FNO3. The first-order valence-corrected chi connectivity index (χ1v) is 7.92. The highest BCUT2D eigenvalue weighted by molar-refractivity contribution is 5.95. The number of hydrogen-bond donors (Lipinski definition) is 2. The van der Waals surface area contributed by atoms with Crippen molar-refractivity contribution < 1.29 is 19.4 Å². The molecule has 0 unspecified atom stereocenters. The second-order valence-corrected chi connectivity index (χ2v) is 6.47. The summed E-state index contributed by atoms with van der Waals surface area (Å²) in [5.41, 5.74) is 0.766. The van der Waals surface area contributed by atoms with E-state index in [1.54, 1.807) is 37.3 Å². The molecule has 0 bridgehead atoms. The average molecular weight is 329 g/mol. The highest BCUT2D eigenvalue weighted by Crippen LogP contribution is 2.25. The Kier molecular flexibility index (Phi) is 4.39. The maximum atomic E-state index is 13.4. The molecule has 2 aromatic rings. The van der Waals surface area contributed by atoms with Gasteiger partial charge in [0.15, 0.2) is 0 Å². The third-order valence-electron chi connectivity index (χ3n) is 4.55. The van der Waals surface area contributed by atoms with Gasteiger partial charge in [0.2, 0.25) is 0 Å². The fourth-order valence-electron chi connectivity index (χ4n) is 2.89. The van der Waals surface area contributed by atoms with Gasteiger partial charge in [-0.2, -0.15) is 0 Å². The van der Waals surface area contributed by atoms with Gasteiger partial charge in [-0.1, -0.05) is 24.3 Å². The van der Waals surface area contributed by atoms with Crippen LogP contribution in [0.4, 0.5) is 4.39 Å². The van der Waals surface area contributed by atoms with Gasteiger partial charge in [0.1, 0.15) is 5.82 Å². The SMILES string of the molecule is C[C@@]1(O)CCN(C(=O)c2cccc(-c3cccc(F)c3)c2)C[C@@H]1O. The minimum absolute atomic E-state index is 0.0933. The van der Waals surface area contributed by atoms with Gasteiger partial charge in [-0.3, -0.25) is 4.79 Å². The van der Waals surface area contributed by atoms with E-state index in [4.69, 9.17) is 0 Å². The Labute approximate surface area is 140 Å². The molecule has 0 aliphatic carbocycles. The topological polar surface area (TPSA) is 60.8 Å². The zero-order valence-corrected chi connectivity index (χ0v) is 13.4. The van der Waals surface area contributed by atoms with Crippen LogP contribution in [0.3, 0.4) is 0 Å². The number of β-amino-alcohol motifs (C(OH)–C–C–N with tert-alkyl or cyclic N) is 1. The molecule has 1 amide bonds. The van der Waals surface area contributed by atoms with Crippen molar-refractivity contribution in [1.82, 2.24) is 4.90 Å². The van der Waals surface area contributed by atoms with Gasteiger partial charge in [-0.15, -0.1) is 0 Å². The maximum absolute atomic E-state index is 13.4. The third-order valence-corrected chi connectivity index (χ3v) is 4.55. The number of aliphatic hydroxyl groups excluding tert-OH is 1. The zero-order chi connectivity index (χ0) is 17.3. The van der Waals surface area contributed by atoms with Gasteiger partial charge < -0.3 is 15.1 Å². The molecule has 1 aliphatic heterocycles. The summed E-state index contributed by atoms with van der Waals surface area (Å²) in [6, 6.07) is 13.2. The number of amides is 1. The molecule has 0 saturated carbocycles. The normalized spacial score (nSPS) is 24.0. The van der Waals surface area contributed by atoms with Crippen LogP contribution in [0.25, 0.3) is 11.1 Å². The number of nitrogens with zero attached hydrogens (tertiary/aromatic N) is 1. The lowest BCUT2D eigenvalue weighted by atomic mass is 9.90. The van der Waals surface area contributed by atoms with Crippen molar-refractivity contribution in [3.8, 4) is 11.1 Å². The first-order valence-electron chi connectivity index (χ1n) is 7.92. The standard InChI is InChI=1S/C19H20FNO3/c1-19(24)8-9-21(12-17(19)22)18(23)15-6-2-4-13(10-15)14-5-3-7-16(20)11-14/h2-7,10-11,17,22,24H,8-9,12H2,1H3/t17-,19+/m0/s1. The molecule has 0 aromatic heterocycles. The van der Waals surface area contributed by atoms with Gasteiger partial charge in [0.05, 0.1) is 11.7 Å². The van der Waals surface area contributed by atoms with Crippen LogP contribution in [-0.2, 0) is 0 Å². The molecule has 1 aliphatic rings. The van der Waals surface area contributed by atoms with E-state index in [0.717, 1.165) is 5.56 Å². The Bertz CT molecular complexity index is 760. The van der Waals surface area contributed by atoms with Crippen LogP contribution < -0.4 is 0 Å². The summed E-state index contributed by atoms with van der Waals surface area (Å²) in [6.45, 7) is 2.05. The van der Waals surface area contributed by atoms with Crippen molar-refractivity contribution in [3.63, 3.8) is 0 Å². The summed E-state index contributed by atoms with van der Waals surface area (Å²) in [5, 5.41) is 20.0. The molecule has 24 heavy (non-hydrogen) atoms. The summed E-state index contributed by atoms with van der Waals surface area (Å²) in [4.78, 5) is 14.2. The van der Waals surface area contributed by atoms with E-state index in [1.165, 1.54) is 17.0 Å². The number of carbonyl (C=O) groups is 1. The van der Waals surface area contributed by atoms with Crippen LogP contribution >= 0.6 is 0 Å². The second-order valence-electron chi connectivity index (χ2n) is 6.47. The quantitative estimate of drug-likeness (QED) is 0.890. The van der Waals surface area contributed by atoms with Crippen LogP contribution in [0.15, 0.2) is 48.5 Å². The van der Waals surface area contributed by atoms with E-state index < -0.39 is 11.7 Å². The van der Waals surface area contributed by atoms with Crippen molar-refractivity contribution in [2.45, 2.75) is 25.0 Å². The Hall–Kier alpha value is -2.24. The Morgan fingerprint density at radius 3 is 2.54 bits per heavy atom. The van der Waals surface area contributed by atoms with Crippen molar-refractivity contribution in [2.75, 3.05) is 13.1 Å². The summed E-state index contributed by atoms with van der Waals surface area (Å²) in [6.07, 6.45) is -0.648. The molecule has 1 saturated heterocycles. The molecular weight excluding hydrogens is 309 g/mol. The lowest BCUT2D eigenvalue weighted by Gasteiger charge is -2.39. The van der Waals surface area contributed by atoms with Crippen molar-refractivity contribution in [2.24, 2.45) is 0 Å². The summed E-state index contributed by atoms with van der Waals surface area (Å²) in [7, 11) is 0. The fourth-order valence-corrected chi connectivity index (χ4v) is 2.89. The molecule has 4 nitrogen and oxygen atoms in total. The Balaban J connectivity index is 1.83. The molecule has 5 heteroatoms. The van der Waals surface area contributed by atoms with Crippen molar-refractivity contribution in [1.29, 1.82) is 0 Å². The van der Waals surface area contributed by atoms with E-state index in [2.05, 4.69) is 0 Å². The number of hydrogen-bond acceptors (Lipinski definition) is 3. The number of aliphatic hydroxyl groups is 2. The van der Waals surface area contributed by atoms with Crippen LogP contribution in [0.1, 0.15) is 23.7 Å². The molecule has 2 N–H and O–H groups in total.